The van der Waals surface area contributed by atoms with E-state index in [4.69, 9.17) is 0 Å². The SMILES string of the molecule is C=C/C=C\C(=C/C)N1CCNCC1.CC. The lowest BCUT2D eigenvalue weighted by Crippen LogP contribution is -2.42. The molecule has 86 valence electrons. The lowest BCUT2D eigenvalue weighted by molar-refractivity contribution is 0.307. The third kappa shape index (κ3) is 5.43. The van der Waals surface area contributed by atoms with Gasteiger partial charge < -0.3 is 10.2 Å². The predicted molar refractivity (Wildman–Crippen MR) is 68.9 cm³/mol. The van der Waals surface area contributed by atoms with Crippen molar-refractivity contribution in [2.75, 3.05) is 26.2 Å². The predicted octanol–water partition coefficient (Wildman–Crippen LogP) is 2.56. The van der Waals surface area contributed by atoms with E-state index >= 15 is 0 Å². The zero-order chi connectivity index (χ0) is 11.5. The Hall–Kier alpha value is -1.02. The molecular formula is C13H24N2. The third-order valence-electron chi connectivity index (χ3n) is 2.18. The van der Waals surface area contributed by atoms with Gasteiger partial charge in [0.15, 0.2) is 0 Å². The Morgan fingerprint density at radius 1 is 1.27 bits per heavy atom. The molecular weight excluding hydrogens is 184 g/mol. The first kappa shape index (κ1) is 14.0. The van der Waals surface area contributed by atoms with Crippen molar-refractivity contribution in [1.82, 2.24) is 10.2 Å². The molecule has 0 bridgehead atoms. The first-order valence-electron chi connectivity index (χ1n) is 5.79. The number of hydrogen-bond donors (Lipinski definition) is 1. The van der Waals surface area contributed by atoms with Crippen molar-refractivity contribution < 1.29 is 0 Å². The van der Waals surface area contributed by atoms with E-state index in [-0.39, 0.29) is 0 Å². The summed E-state index contributed by atoms with van der Waals surface area (Å²) < 4.78 is 0. The molecule has 2 heteroatoms. The molecule has 0 aromatic carbocycles. The maximum absolute atomic E-state index is 3.67. The first-order chi connectivity index (χ1) is 7.38. The molecule has 0 aromatic heterocycles. The van der Waals surface area contributed by atoms with Crippen LogP contribution in [0.4, 0.5) is 0 Å². The van der Waals surface area contributed by atoms with Crippen LogP contribution in [0, 0.1) is 0 Å². The highest BCUT2D eigenvalue weighted by Crippen LogP contribution is 2.06. The van der Waals surface area contributed by atoms with E-state index in [1.54, 1.807) is 0 Å². The van der Waals surface area contributed by atoms with Gasteiger partial charge >= 0.3 is 0 Å². The van der Waals surface area contributed by atoms with E-state index in [2.05, 4.69) is 35.9 Å². The summed E-state index contributed by atoms with van der Waals surface area (Å²) in [6.45, 7) is 14.1. The lowest BCUT2D eigenvalue weighted by Gasteiger charge is -2.30. The highest BCUT2D eigenvalue weighted by atomic mass is 15.2. The monoisotopic (exact) mass is 208 g/mol. The van der Waals surface area contributed by atoms with E-state index in [1.165, 1.54) is 5.70 Å². The fourth-order valence-electron chi connectivity index (χ4n) is 1.47. The summed E-state index contributed by atoms with van der Waals surface area (Å²) in [7, 11) is 0. The Labute approximate surface area is 94.4 Å². The van der Waals surface area contributed by atoms with Gasteiger partial charge in [0.1, 0.15) is 0 Å². The van der Waals surface area contributed by atoms with E-state index < -0.39 is 0 Å². The Morgan fingerprint density at radius 3 is 2.33 bits per heavy atom. The van der Waals surface area contributed by atoms with Crippen LogP contribution in [-0.2, 0) is 0 Å². The van der Waals surface area contributed by atoms with Gasteiger partial charge in [-0.15, -0.1) is 0 Å². The van der Waals surface area contributed by atoms with Crippen LogP contribution in [0.1, 0.15) is 20.8 Å². The number of rotatable bonds is 3. The highest BCUT2D eigenvalue weighted by molar-refractivity contribution is 5.20. The molecule has 0 unspecified atom stereocenters. The van der Waals surface area contributed by atoms with Gasteiger partial charge in [0.05, 0.1) is 0 Å². The van der Waals surface area contributed by atoms with Crippen LogP contribution in [0.25, 0.3) is 0 Å². The molecule has 0 radical (unpaired) electrons. The van der Waals surface area contributed by atoms with Crippen LogP contribution >= 0.6 is 0 Å². The zero-order valence-electron chi connectivity index (χ0n) is 10.3. The van der Waals surface area contributed by atoms with Crippen molar-refractivity contribution in [3.8, 4) is 0 Å². The minimum atomic E-state index is 1.08. The molecule has 15 heavy (non-hydrogen) atoms. The maximum Gasteiger partial charge on any atom is 0.0323 e. The molecule has 0 aromatic rings. The average Bonchev–Trinajstić information content (AvgIpc) is 2.34. The van der Waals surface area contributed by atoms with Crippen LogP contribution in [0.2, 0.25) is 0 Å². The topological polar surface area (TPSA) is 15.3 Å². The molecule has 0 atom stereocenters. The molecule has 0 saturated carbocycles. The van der Waals surface area contributed by atoms with Gasteiger partial charge in [0.2, 0.25) is 0 Å². The lowest BCUT2D eigenvalue weighted by atomic mass is 10.2. The van der Waals surface area contributed by atoms with Crippen LogP contribution in [0.3, 0.4) is 0 Å². The average molecular weight is 208 g/mol. The van der Waals surface area contributed by atoms with Gasteiger partial charge in [-0.1, -0.05) is 38.7 Å². The molecule has 0 aliphatic carbocycles. The summed E-state index contributed by atoms with van der Waals surface area (Å²) in [6, 6.07) is 0. The van der Waals surface area contributed by atoms with Gasteiger partial charge in [-0.05, 0) is 13.0 Å². The second kappa shape index (κ2) is 9.53. The standard InChI is InChI=1S/C11H18N2.C2H6/c1-3-5-6-11(4-2)13-9-7-12-8-10-13;1-2/h3-6,12H,1,7-10H2,2H3;1-2H3/b6-5-,11-4+;. The second-order valence-electron chi connectivity index (χ2n) is 3.05. The Morgan fingerprint density at radius 2 is 1.87 bits per heavy atom. The molecule has 1 aliphatic rings. The van der Waals surface area contributed by atoms with E-state index in [0.717, 1.165) is 26.2 Å². The fraction of sp³-hybridized carbons (Fsp3) is 0.538. The van der Waals surface area contributed by atoms with E-state index in [1.807, 2.05) is 26.0 Å². The molecule has 2 nitrogen and oxygen atoms in total. The summed E-state index contributed by atoms with van der Waals surface area (Å²) in [5.41, 5.74) is 1.29. The third-order valence-corrected chi connectivity index (χ3v) is 2.18. The maximum atomic E-state index is 3.67. The Kier molecular flexibility index (Phi) is 8.88. The molecule has 1 aliphatic heterocycles. The quantitative estimate of drug-likeness (QED) is 0.717. The van der Waals surface area contributed by atoms with E-state index in [9.17, 15) is 0 Å². The zero-order valence-corrected chi connectivity index (χ0v) is 10.3. The largest absolute Gasteiger partial charge is 0.369 e. The van der Waals surface area contributed by atoms with E-state index in [0.29, 0.717) is 0 Å². The van der Waals surface area contributed by atoms with Gasteiger partial charge in [-0.25, -0.2) is 0 Å². The van der Waals surface area contributed by atoms with Gasteiger partial charge in [-0.2, -0.15) is 0 Å². The normalized spacial score (nSPS) is 17.3. The van der Waals surface area contributed by atoms with Crippen LogP contribution in [0.5, 0.6) is 0 Å². The highest BCUT2D eigenvalue weighted by Gasteiger charge is 2.09. The number of allylic oxidation sites excluding steroid dienone is 4. The van der Waals surface area contributed by atoms with Crippen LogP contribution < -0.4 is 5.32 Å². The van der Waals surface area contributed by atoms with Gasteiger partial charge in [-0.3, -0.25) is 0 Å². The smallest absolute Gasteiger partial charge is 0.0323 e. The summed E-state index contributed by atoms with van der Waals surface area (Å²) >= 11 is 0. The van der Waals surface area contributed by atoms with Crippen molar-refractivity contribution >= 4 is 0 Å². The second-order valence-corrected chi connectivity index (χ2v) is 3.05. The fourth-order valence-corrected chi connectivity index (χ4v) is 1.47. The minimum Gasteiger partial charge on any atom is -0.369 e. The molecule has 1 heterocycles. The summed E-state index contributed by atoms with van der Waals surface area (Å²) in [4.78, 5) is 2.39. The minimum absolute atomic E-state index is 1.08. The number of nitrogens with one attached hydrogen (secondary N) is 1. The molecule has 1 N–H and O–H groups in total. The summed E-state index contributed by atoms with van der Waals surface area (Å²) in [6.07, 6.45) is 8.05. The molecule has 1 fully saturated rings. The Balaban J connectivity index is 0.000000921. The summed E-state index contributed by atoms with van der Waals surface area (Å²) in [5.74, 6) is 0. The summed E-state index contributed by atoms with van der Waals surface area (Å²) in [5, 5.41) is 3.34. The van der Waals surface area contributed by atoms with Crippen LogP contribution in [0.15, 0.2) is 36.6 Å². The van der Waals surface area contributed by atoms with Crippen molar-refractivity contribution in [2.45, 2.75) is 20.8 Å². The number of nitrogens with zero attached hydrogens (tertiary/aromatic N) is 1. The van der Waals surface area contributed by atoms with Gasteiger partial charge in [0, 0.05) is 31.9 Å². The van der Waals surface area contributed by atoms with Crippen molar-refractivity contribution in [2.24, 2.45) is 0 Å². The molecule has 1 saturated heterocycles. The first-order valence-corrected chi connectivity index (χ1v) is 5.79. The number of piperazine rings is 1. The Bertz CT molecular complexity index is 211. The number of hydrogen-bond acceptors (Lipinski definition) is 2. The molecule has 0 spiro atoms. The van der Waals surface area contributed by atoms with Crippen molar-refractivity contribution in [1.29, 1.82) is 0 Å². The van der Waals surface area contributed by atoms with Crippen molar-refractivity contribution in [3.63, 3.8) is 0 Å². The van der Waals surface area contributed by atoms with Gasteiger partial charge in [0.25, 0.3) is 0 Å². The molecule has 1 rings (SSSR count). The molecule has 0 amide bonds. The van der Waals surface area contributed by atoms with Crippen molar-refractivity contribution in [3.05, 3.63) is 36.6 Å². The van der Waals surface area contributed by atoms with Crippen LogP contribution in [-0.4, -0.2) is 31.1 Å².